The van der Waals surface area contributed by atoms with Crippen molar-refractivity contribution in [3.05, 3.63) is 35.9 Å². The van der Waals surface area contributed by atoms with E-state index < -0.39 is 12.0 Å². The minimum Gasteiger partial charge on any atom is -0.465 e. The van der Waals surface area contributed by atoms with Gasteiger partial charge >= 0.3 is 5.97 Å². The minimum absolute atomic E-state index is 0.0922. The highest BCUT2D eigenvalue weighted by atomic mass is 16.5. The fraction of sp³-hybridized carbons (Fsp3) is 0.611. The largest absolute Gasteiger partial charge is 0.465 e. The van der Waals surface area contributed by atoms with Crippen LogP contribution in [0.15, 0.2) is 30.3 Å². The molecule has 2 aliphatic heterocycles. The number of carbonyl (C=O) groups excluding carboxylic acids is 1. The summed E-state index contributed by atoms with van der Waals surface area (Å²) in [6.45, 7) is 2.26. The van der Waals surface area contributed by atoms with E-state index in [4.69, 9.17) is 4.74 Å². The Kier molecular flexibility index (Phi) is 5.11. The number of nitrogens with zero attached hydrogens (tertiary/aromatic N) is 1. The summed E-state index contributed by atoms with van der Waals surface area (Å²) < 4.78 is 5.31. The van der Waals surface area contributed by atoms with Crippen molar-refractivity contribution >= 4 is 5.97 Å². The first-order valence-electron chi connectivity index (χ1n) is 8.38. The van der Waals surface area contributed by atoms with E-state index in [1.54, 1.807) is 0 Å². The normalized spacial score (nSPS) is 30.6. The number of hydrogen-bond donors (Lipinski definition) is 1. The number of esters is 1. The van der Waals surface area contributed by atoms with Gasteiger partial charge in [-0.15, -0.1) is 0 Å². The molecule has 0 aromatic heterocycles. The first kappa shape index (κ1) is 15.5. The molecule has 1 aromatic rings. The zero-order chi connectivity index (χ0) is 15.4. The summed E-state index contributed by atoms with van der Waals surface area (Å²) in [6, 6.07) is 10.4. The first-order chi connectivity index (χ1) is 10.8. The van der Waals surface area contributed by atoms with Crippen molar-refractivity contribution in [1.29, 1.82) is 0 Å². The van der Waals surface area contributed by atoms with Crippen LogP contribution in [0.2, 0.25) is 0 Å². The van der Waals surface area contributed by atoms with Gasteiger partial charge in [0.2, 0.25) is 0 Å². The SMILES string of the molecule is O=C1OCCC[C@@H](O)[C@H]1[C@H]1CCCCN1Cc1ccccc1. The fourth-order valence-electron chi connectivity index (χ4n) is 3.75. The van der Waals surface area contributed by atoms with E-state index in [1.165, 1.54) is 5.56 Å². The molecular formula is C18H25NO3. The molecule has 3 rings (SSSR count). The maximum Gasteiger partial charge on any atom is 0.313 e. The summed E-state index contributed by atoms with van der Waals surface area (Å²) in [5.41, 5.74) is 1.26. The van der Waals surface area contributed by atoms with Crippen LogP contribution in [-0.4, -0.2) is 41.3 Å². The van der Waals surface area contributed by atoms with Gasteiger partial charge in [-0.1, -0.05) is 36.8 Å². The van der Waals surface area contributed by atoms with E-state index in [2.05, 4.69) is 17.0 Å². The predicted octanol–water partition coefficient (Wildman–Crippen LogP) is 2.36. The molecule has 3 atom stereocenters. The second-order valence-corrected chi connectivity index (χ2v) is 6.42. The maximum atomic E-state index is 12.3. The van der Waals surface area contributed by atoms with E-state index in [1.807, 2.05) is 18.2 Å². The standard InChI is InChI=1S/C18H25NO3/c20-16-10-6-12-22-18(21)17(16)15-9-4-5-11-19(15)13-14-7-2-1-3-8-14/h1-3,7-8,15-17,20H,4-6,9-13H2/t15-,16-,17-/m1/s1. The number of benzene rings is 1. The molecule has 1 N–H and O–H groups in total. The number of rotatable bonds is 3. The van der Waals surface area contributed by atoms with Gasteiger partial charge in [0.15, 0.2) is 0 Å². The van der Waals surface area contributed by atoms with Crippen LogP contribution in [0.3, 0.4) is 0 Å². The summed E-state index contributed by atoms with van der Waals surface area (Å²) in [7, 11) is 0. The first-order valence-corrected chi connectivity index (χ1v) is 8.38. The van der Waals surface area contributed by atoms with Crippen molar-refractivity contribution in [2.45, 2.75) is 50.8 Å². The average Bonchev–Trinajstić information content (AvgIpc) is 2.70. The van der Waals surface area contributed by atoms with Gasteiger partial charge in [0.1, 0.15) is 0 Å². The van der Waals surface area contributed by atoms with Crippen molar-refractivity contribution in [3.63, 3.8) is 0 Å². The van der Waals surface area contributed by atoms with E-state index in [9.17, 15) is 9.90 Å². The molecule has 2 saturated heterocycles. The lowest BCUT2D eigenvalue weighted by molar-refractivity contribution is -0.154. The number of ether oxygens (including phenoxy) is 1. The number of piperidine rings is 1. The lowest BCUT2D eigenvalue weighted by Crippen LogP contribution is -2.50. The third kappa shape index (κ3) is 3.50. The zero-order valence-electron chi connectivity index (χ0n) is 13.0. The van der Waals surface area contributed by atoms with E-state index in [-0.39, 0.29) is 12.0 Å². The number of aliphatic hydroxyl groups is 1. The van der Waals surface area contributed by atoms with Gasteiger partial charge in [-0.05, 0) is 37.8 Å². The van der Waals surface area contributed by atoms with Crippen LogP contribution in [0.5, 0.6) is 0 Å². The van der Waals surface area contributed by atoms with Crippen LogP contribution < -0.4 is 0 Å². The van der Waals surface area contributed by atoms with Crippen LogP contribution in [-0.2, 0) is 16.1 Å². The molecule has 1 aromatic carbocycles. The Morgan fingerprint density at radius 3 is 2.77 bits per heavy atom. The highest BCUT2D eigenvalue weighted by Crippen LogP contribution is 2.30. The monoisotopic (exact) mass is 303 g/mol. The topological polar surface area (TPSA) is 49.8 Å². The van der Waals surface area contributed by atoms with Gasteiger partial charge in [-0.2, -0.15) is 0 Å². The Hall–Kier alpha value is -1.39. The Morgan fingerprint density at radius 2 is 1.95 bits per heavy atom. The molecular weight excluding hydrogens is 278 g/mol. The summed E-state index contributed by atoms with van der Waals surface area (Å²) in [4.78, 5) is 14.7. The molecule has 0 radical (unpaired) electrons. The lowest BCUT2D eigenvalue weighted by atomic mass is 9.85. The Labute approximate surface area is 132 Å². The summed E-state index contributed by atoms with van der Waals surface area (Å²) in [5.74, 6) is -0.610. The number of aliphatic hydroxyl groups excluding tert-OH is 1. The van der Waals surface area contributed by atoms with Gasteiger partial charge in [-0.3, -0.25) is 9.69 Å². The molecule has 4 heteroatoms. The number of cyclic esters (lactones) is 1. The molecule has 22 heavy (non-hydrogen) atoms. The van der Waals surface area contributed by atoms with Gasteiger partial charge in [-0.25, -0.2) is 0 Å². The van der Waals surface area contributed by atoms with Crippen molar-refractivity contribution in [2.24, 2.45) is 5.92 Å². The highest BCUT2D eigenvalue weighted by Gasteiger charge is 2.41. The van der Waals surface area contributed by atoms with Gasteiger partial charge in [0, 0.05) is 12.6 Å². The lowest BCUT2D eigenvalue weighted by Gasteiger charge is -2.40. The Bertz CT molecular complexity index is 490. The summed E-state index contributed by atoms with van der Waals surface area (Å²) >= 11 is 0. The predicted molar refractivity (Wildman–Crippen MR) is 84.2 cm³/mol. The van der Waals surface area contributed by atoms with Gasteiger partial charge in [0.05, 0.1) is 18.6 Å². The van der Waals surface area contributed by atoms with E-state index in [0.29, 0.717) is 13.0 Å². The fourth-order valence-corrected chi connectivity index (χ4v) is 3.75. The highest BCUT2D eigenvalue weighted by molar-refractivity contribution is 5.74. The molecule has 2 fully saturated rings. The van der Waals surface area contributed by atoms with E-state index >= 15 is 0 Å². The number of likely N-dealkylation sites (tertiary alicyclic amines) is 1. The Balaban J connectivity index is 1.77. The van der Waals surface area contributed by atoms with Crippen LogP contribution in [0.25, 0.3) is 0 Å². The third-order valence-corrected chi connectivity index (χ3v) is 4.88. The van der Waals surface area contributed by atoms with Crippen molar-refractivity contribution < 1.29 is 14.6 Å². The van der Waals surface area contributed by atoms with Crippen LogP contribution in [0.1, 0.15) is 37.7 Å². The quantitative estimate of drug-likeness (QED) is 0.871. The zero-order valence-corrected chi connectivity index (χ0v) is 13.0. The maximum absolute atomic E-state index is 12.3. The van der Waals surface area contributed by atoms with Crippen molar-refractivity contribution in [2.75, 3.05) is 13.2 Å². The van der Waals surface area contributed by atoms with Crippen LogP contribution >= 0.6 is 0 Å². The summed E-state index contributed by atoms with van der Waals surface area (Å²) in [5, 5.41) is 10.4. The minimum atomic E-state index is -0.573. The van der Waals surface area contributed by atoms with Crippen molar-refractivity contribution in [3.8, 4) is 0 Å². The summed E-state index contributed by atoms with van der Waals surface area (Å²) in [6.07, 6.45) is 4.08. The van der Waals surface area contributed by atoms with Crippen LogP contribution in [0.4, 0.5) is 0 Å². The second-order valence-electron chi connectivity index (χ2n) is 6.42. The molecule has 2 aliphatic rings. The molecule has 0 bridgehead atoms. The number of hydrogen-bond acceptors (Lipinski definition) is 4. The smallest absolute Gasteiger partial charge is 0.313 e. The van der Waals surface area contributed by atoms with Crippen LogP contribution in [0, 0.1) is 5.92 Å². The van der Waals surface area contributed by atoms with Gasteiger partial charge in [0.25, 0.3) is 0 Å². The molecule has 0 aliphatic carbocycles. The molecule has 120 valence electrons. The molecule has 0 spiro atoms. The number of carbonyl (C=O) groups is 1. The second kappa shape index (κ2) is 7.25. The molecule has 0 amide bonds. The molecule has 2 heterocycles. The molecule has 4 nitrogen and oxygen atoms in total. The third-order valence-electron chi connectivity index (χ3n) is 4.88. The van der Waals surface area contributed by atoms with Crippen molar-refractivity contribution in [1.82, 2.24) is 4.90 Å². The molecule has 0 unspecified atom stereocenters. The van der Waals surface area contributed by atoms with Gasteiger partial charge < -0.3 is 9.84 Å². The van der Waals surface area contributed by atoms with E-state index in [0.717, 1.165) is 38.8 Å². The Morgan fingerprint density at radius 1 is 1.14 bits per heavy atom. The average molecular weight is 303 g/mol. The molecule has 0 saturated carbocycles.